The van der Waals surface area contributed by atoms with Gasteiger partial charge in [-0.1, -0.05) is 35.9 Å². The highest BCUT2D eigenvalue weighted by atomic mass is 35.5. The molecule has 2 aromatic rings. The molecule has 22 heavy (non-hydrogen) atoms. The molecule has 2 rings (SSSR count). The van der Waals surface area contributed by atoms with Gasteiger partial charge in [0.2, 0.25) is 5.91 Å². The normalized spacial score (nSPS) is 10.1. The summed E-state index contributed by atoms with van der Waals surface area (Å²) in [5, 5.41) is 5.50. The second kappa shape index (κ2) is 7.33. The molecule has 0 unspecified atom stereocenters. The number of amides is 1. The number of anilines is 1. The van der Waals surface area contributed by atoms with E-state index in [0.717, 1.165) is 11.1 Å². The van der Waals surface area contributed by atoms with Crippen molar-refractivity contribution < 1.29 is 9.18 Å². The lowest BCUT2D eigenvalue weighted by Crippen LogP contribution is -2.35. The molecule has 0 aliphatic carbocycles. The number of halogens is 2. The molecule has 0 heterocycles. The molecular weight excluding hydrogens is 323 g/mol. The first-order chi connectivity index (χ1) is 10.5. The topological polar surface area (TPSA) is 41.1 Å². The lowest BCUT2D eigenvalue weighted by Gasteiger charge is -2.11. The zero-order valence-corrected chi connectivity index (χ0v) is 13.4. The Bertz CT molecular complexity index is 721. The van der Waals surface area contributed by atoms with E-state index < -0.39 is 5.82 Å². The molecule has 0 aliphatic rings. The van der Waals surface area contributed by atoms with Crippen LogP contribution in [0, 0.1) is 12.7 Å². The van der Waals surface area contributed by atoms with Crippen LogP contribution in [-0.4, -0.2) is 11.0 Å². The van der Waals surface area contributed by atoms with E-state index in [9.17, 15) is 9.18 Å². The first-order valence-corrected chi connectivity index (χ1v) is 7.34. The smallest absolute Gasteiger partial charge is 0.230 e. The van der Waals surface area contributed by atoms with E-state index in [2.05, 4.69) is 10.6 Å². The molecule has 0 saturated heterocycles. The van der Waals surface area contributed by atoms with Crippen molar-refractivity contribution in [3.8, 4) is 0 Å². The largest absolute Gasteiger partial charge is 0.332 e. The van der Waals surface area contributed by atoms with Crippen LogP contribution in [0.3, 0.4) is 0 Å². The zero-order chi connectivity index (χ0) is 16.1. The van der Waals surface area contributed by atoms with Gasteiger partial charge in [0.15, 0.2) is 5.11 Å². The number of carbonyl (C=O) groups is 1. The van der Waals surface area contributed by atoms with Crippen LogP contribution in [0.4, 0.5) is 10.1 Å². The third-order valence-electron chi connectivity index (χ3n) is 3.04. The lowest BCUT2D eigenvalue weighted by atomic mass is 10.1. The summed E-state index contributed by atoms with van der Waals surface area (Å²) in [6.45, 7) is 1.94. The summed E-state index contributed by atoms with van der Waals surface area (Å²) in [7, 11) is 0. The minimum absolute atomic E-state index is 0.0148. The summed E-state index contributed by atoms with van der Waals surface area (Å²) in [5.41, 5.74) is 2.49. The fourth-order valence-electron chi connectivity index (χ4n) is 1.89. The predicted octanol–water partition coefficient (Wildman–Crippen LogP) is 3.84. The van der Waals surface area contributed by atoms with Gasteiger partial charge in [0, 0.05) is 5.69 Å². The number of benzene rings is 2. The van der Waals surface area contributed by atoms with E-state index in [4.69, 9.17) is 23.8 Å². The first-order valence-electron chi connectivity index (χ1n) is 6.56. The van der Waals surface area contributed by atoms with E-state index in [1.165, 1.54) is 18.2 Å². The Balaban J connectivity index is 1.92. The third-order valence-corrected chi connectivity index (χ3v) is 3.54. The second-order valence-corrected chi connectivity index (χ2v) is 5.55. The molecule has 2 N–H and O–H groups in total. The second-order valence-electron chi connectivity index (χ2n) is 4.73. The minimum atomic E-state index is -0.512. The third kappa shape index (κ3) is 4.51. The van der Waals surface area contributed by atoms with E-state index in [1.54, 1.807) is 0 Å². The van der Waals surface area contributed by atoms with Crippen molar-refractivity contribution in [1.29, 1.82) is 0 Å². The zero-order valence-electron chi connectivity index (χ0n) is 11.8. The monoisotopic (exact) mass is 336 g/mol. The van der Waals surface area contributed by atoms with Crippen LogP contribution < -0.4 is 10.6 Å². The molecule has 3 nitrogen and oxygen atoms in total. The first kappa shape index (κ1) is 16.4. The highest BCUT2D eigenvalue weighted by molar-refractivity contribution is 7.80. The van der Waals surface area contributed by atoms with Crippen molar-refractivity contribution in [2.75, 3.05) is 5.32 Å². The average molecular weight is 337 g/mol. The van der Waals surface area contributed by atoms with Crippen LogP contribution in [0.15, 0.2) is 42.5 Å². The molecule has 0 radical (unpaired) electrons. The lowest BCUT2D eigenvalue weighted by molar-refractivity contribution is -0.119. The molecule has 0 fully saturated rings. The van der Waals surface area contributed by atoms with Gasteiger partial charge in [0.1, 0.15) is 5.82 Å². The van der Waals surface area contributed by atoms with Crippen molar-refractivity contribution in [2.45, 2.75) is 13.3 Å². The predicted molar refractivity (Wildman–Crippen MR) is 90.7 cm³/mol. The van der Waals surface area contributed by atoms with E-state index >= 15 is 0 Å². The fraction of sp³-hybridized carbons (Fsp3) is 0.125. The number of rotatable bonds is 3. The van der Waals surface area contributed by atoms with Crippen LogP contribution in [0.1, 0.15) is 11.1 Å². The highest BCUT2D eigenvalue weighted by Gasteiger charge is 2.08. The summed E-state index contributed by atoms with van der Waals surface area (Å²) < 4.78 is 13.1. The van der Waals surface area contributed by atoms with Crippen LogP contribution in [0.2, 0.25) is 5.02 Å². The summed E-state index contributed by atoms with van der Waals surface area (Å²) in [4.78, 5) is 12.0. The highest BCUT2D eigenvalue weighted by Crippen LogP contribution is 2.19. The van der Waals surface area contributed by atoms with Crippen LogP contribution in [0.5, 0.6) is 0 Å². The summed E-state index contributed by atoms with van der Waals surface area (Å²) in [6, 6.07) is 11.7. The molecule has 2 aromatic carbocycles. The molecule has 0 aromatic heterocycles. The van der Waals surface area contributed by atoms with Gasteiger partial charge in [-0.3, -0.25) is 4.79 Å². The SMILES string of the molecule is Cc1ccccc1CC(=O)NC(=S)Nc1ccc(F)c(Cl)c1. The quantitative estimate of drug-likeness (QED) is 0.837. The van der Waals surface area contributed by atoms with Gasteiger partial charge in [-0.05, 0) is 48.5 Å². The summed E-state index contributed by atoms with van der Waals surface area (Å²) in [5.74, 6) is -0.735. The molecule has 6 heteroatoms. The Labute approximate surface area is 138 Å². The molecule has 0 aliphatic heterocycles. The minimum Gasteiger partial charge on any atom is -0.332 e. The van der Waals surface area contributed by atoms with E-state index in [-0.39, 0.29) is 22.5 Å². The molecular formula is C16H14ClFN2OS. The Morgan fingerprint density at radius 2 is 2.00 bits per heavy atom. The summed E-state index contributed by atoms with van der Waals surface area (Å²) in [6.07, 6.45) is 0.235. The van der Waals surface area contributed by atoms with Gasteiger partial charge in [-0.2, -0.15) is 0 Å². The summed E-state index contributed by atoms with van der Waals surface area (Å²) >= 11 is 10.7. The van der Waals surface area contributed by atoms with Crippen LogP contribution >= 0.6 is 23.8 Å². The Morgan fingerprint density at radius 3 is 2.68 bits per heavy atom. The molecule has 0 spiro atoms. The maximum atomic E-state index is 13.1. The van der Waals surface area contributed by atoms with Gasteiger partial charge >= 0.3 is 0 Å². The maximum absolute atomic E-state index is 13.1. The van der Waals surface area contributed by atoms with E-state index in [0.29, 0.717) is 5.69 Å². The van der Waals surface area contributed by atoms with Gasteiger partial charge in [-0.15, -0.1) is 0 Å². The van der Waals surface area contributed by atoms with Gasteiger partial charge < -0.3 is 10.6 Å². The number of hydrogen-bond acceptors (Lipinski definition) is 2. The number of carbonyl (C=O) groups excluding carboxylic acids is 1. The average Bonchev–Trinajstić information content (AvgIpc) is 2.45. The number of hydrogen-bond donors (Lipinski definition) is 2. The Hall–Kier alpha value is -1.98. The number of thiocarbonyl (C=S) groups is 1. The number of aryl methyl sites for hydroxylation is 1. The van der Waals surface area contributed by atoms with E-state index in [1.807, 2.05) is 31.2 Å². The van der Waals surface area contributed by atoms with Gasteiger partial charge in [-0.25, -0.2) is 4.39 Å². The molecule has 0 saturated carbocycles. The van der Waals surface area contributed by atoms with Gasteiger partial charge in [0.25, 0.3) is 0 Å². The van der Waals surface area contributed by atoms with Crippen molar-refractivity contribution >= 4 is 40.5 Å². The molecule has 114 valence electrons. The van der Waals surface area contributed by atoms with Crippen molar-refractivity contribution in [1.82, 2.24) is 5.32 Å². The fourth-order valence-corrected chi connectivity index (χ4v) is 2.30. The van der Waals surface area contributed by atoms with Crippen LogP contribution in [0.25, 0.3) is 0 Å². The maximum Gasteiger partial charge on any atom is 0.230 e. The molecule has 0 atom stereocenters. The number of nitrogens with one attached hydrogen (secondary N) is 2. The van der Waals surface area contributed by atoms with Crippen molar-refractivity contribution in [3.05, 3.63) is 64.4 Å². The Morgan fingerprint density at radius 1 is 1.27 bits per heavy atom. The standard InChI is InChI=1S/C16H14ClFN2OS/c1-10-4-2-3-5-11(10)8-15(21)20-16(22)19-12-6-7-14(18)13(17)9-12/h2-7,9H,8H2,1H3,(H2,19,20,21,22). The van der Waals surface area contributed by atoms with Gasteiger partial charge in [0.05, 0.1) is 11.4 Å². The molecule has 0 bridgehead atoms. The van der Waals surface area contributed by atoms with Crippen LogP contribution in [-0.2, 0) is 11.2 Å². The van der Waals surface area contributed by atoms with Crippen molar-refractivity contribution in [2.24, 2.45) is 0 Å². The van der Waals surface area contributed by atoms with Crippen molar-refractivity contribution in [3.63, 3.8) is 0 Å². The molecule has 1 amide bonds. The Kier molecular flexibility index (Phi) is 5.46.